The zero-order chi connectivity index (χ0) is 13.4. The van der Waals surface area contributed by atoms with E-state index in [1.165, 1.54) is 69.5 Å². The molecule has 1 saturated carbocycles. The van der Waals surface area contributed by atoms with Gasteiger partial charge in [-0.3, -0.25) is 0 Å². The third-order valence-corrected chi connectivity index (χ3v) is 5.47. The Morgan fingerprint density at radius 3 is 2.75 bits per heavy atom. The molecule has 1 aromatic heterocycles. The van der Waals surface area contributed by atoms with Gasteiger partial charge in [-0.1, -0.05) is 12.8 Å². The average molecular weight is 274 g/mol. The summed E-state index contributed by atoms with van der Waals surface area (Å²) in [5.41, 5.74) is 1.35. The third-order valence-electron chi connectivity index (χ3n) is 5.47. The predicted molar refractivity (Wildman–Crippen MR) is 81.2 cm³/mol. The highest BCUT2D eigenvalue weighted by Crippen LogP contribution is 2.38. The van der Waals surface area contributed by atoms with E-state index in [0.717, 1.165) is 18.4 Å². The molecular weight excluding hydrogens is 248 g/mol. The van der Waals surface area contributed by atoms with Crippen molar-refractivity contribution in [1.29, 1.82) is 0 Å². The lowest BCUT2D eigenvalue weighted by Crippen LogP contribution is -2.38. The van der Waals surface area contributed by atoms with Crippen LogP contribution < -0.4 is 10.6 Å². The summed E-state index contributed by atoms with van der Waals surface area (Å²) in [5, 5.41) is 12.1. The van der Waals surface area contributed by atoms with Gasteiger partial charge in [0.1, 0.15) is 5.82 Å². The summed E-state index contributed by atoms with van der Waals surface area (Å²) in [6.45, 7) is 3.47. The van der Waals surface area contributed by atoms with Gasteiger partial charge < -0.3 is 10.6 Å². The zero-order valence-corrected chi connectivity index (χ0v) is 12.3. The fraction of sp³-hybridized carbons (Fsp3) is 0.812. The van der Waals surface area contributed by atoms with Crippen molar-refractivity contribution in [2.45, 2.75) is 56.9 Å². The van der Waals surface area contributed by atoms with Crippen LogP contribution in [0, 0.1) is 5.92 Å². The average Bonchev–Trinajstić information content (AvgIpc) is 3.16. The fourth-order valence-electron chi connectivity index (χ4n) is 4.33. The molecular formula is C16H26N4. The van der Waals surface area contributed by atoms with Crippen LogP contribution in [0.5, 0.6) is 0 Å². The number of aromatic nitrogens is 2. The number of nitrogens with zero attached hydrogens (tertiary/aromatic N) is 2. The molecule has 4 rings (SSSR count). The van der Waals surface area contributed by atoms with Crippen LogP contribution in [0.1, 0.15) is 62.6 Å². The Morgan fingerprint density at radius 1 is 1.05 bits per heavy atom. The van der Waals surface area contributed by atoms with Gasteiger partial charge in [0.25, 0.3) is 0 Å². The molecule has 0 aromatic carbocycles. The van der Waals surface area contributed by atoms with Gasteiger partial charge in [-0.2, -0.15) is 5.10 Å². The second-order valence-electron chi connectivity index (χ2n) is 6.77. The lowest BCUT2D eigenvalue weighted by molar-refractivity contribution is 0.234. The minimum atomic E-state index is 0.606. The largest absolute Gasteiger partial charge is 0.370 e. The fourth-order valence-corrected chi connectivity index (χ4v) is 4.33. The monoisotopic (exact) mass is 274 g/mol. The van der Waals surface area contributed by atoms with Gasteiger partial charge in [-0.05, 0) is 51.1 Å². The van der Waals surface area contributed by atoms with Gasteiger partial charge in [0.15, 0.2) is 0 Å². The van der Waals surface area contributed by atoms with Gasteiger partial charge in [-0.15, -0.1) is 0 Å². The first-order valence-electron chi connectivity index (χ1n) is 8.46. The molecule has 110 valence electrons. The molecule has 0 radical (unpaired) electrons. The topological polar surface area (TPSA) is 41.9 Å². The summed E-state index contributed by atoms with van der Waals surface area (Å²) in [6, 6.07) is 2.94. The number of hydrogen-bond acceptors (Lipinski definition) is 3. The minimum absolute atomic E-state index is 0.606. The molecule has 4 heteroatoms. The molecule has 2 unspecified atom stereocenters. The van der Waals surface area contributed by atoms with Crippen molar-refractivity contribution < 1.29 is 0 Å². The van der Waals surface area contributed by atoms with Crippen molar-refractivity contribution in [3.63, 3.8) is 0 Å². The van der Waals surface area contributed by atoms with E-state index in [9.17, 15) is 0 Å². The van der Waals surface area contributed by atoms with Crippen LogP contribution in [-0.2, 0) is 0 Å². The maximum atomic E-state index is 5.02. The third kappa shape index (κ3) is 2.24. The van der Waals surface area contributed by atoms with E-state index in [0.29, 0.717) is 6.04 Å². The van der Waals surface area contributed by atoms with E-state index in [4.69, 9.17) is 5.10 Å². The molecule has 0 spiro atoms. The summed E-state index contributed by atoms with van der Waals surface area (Å²) in [5.74, 6) is 2.76. The molecule has 1 aromatic rings. The normalized spacial score (nSPS) is 31.0. The number of piperidine rings is 1. The van der Waals surface area contributed by atoms with Gasteiger partial charge in [-0.25, -0.2) is 4.68 Å². The Morgan fingerprint density at radius 2 is 1.95 bits per heavy atom. The number of rotatable bonds is 2. The van der Waals surface area contributed by atoms with Gasteiger partial charge in [0.05, 0.1) is 11.7 Å². The second kappa shape index (κ2) is 5.40. The van der Waals surface area contributed by atoms with Crippen LogP contribution in [-0.4, -0.2) is 29.4 Å². The Bertz CT molecular complexity index is 455. The van der Waals surface area contributed by atoms with Crippen LogP contribution in [0.15, 0.2) is 6.07 Å². The van der Waals surface area contributed by atoms with Crippen LogP contribution in [0.3, 0.4) is 0 Å². The maximum absolute atomic E-state index is 5.02. The smallest absolute Gasteiger partial charge is 0.124 e. The van der Waals surface area contributed by atoms with E-state index in [1.807, 2.05) is 0 Å². The number of nitrogens with one attached hydrogen (secondary N) is 2. The van der Waals surface area contributed by atoms with Crippen LogP contribution in [0.2, 0.25) is 0 Å². The lowest BCUT2D eigenvalue weighted by atomic mass is 9.89. The standard InChI is InChI=1S/C16H26N4/c1-2-5-12(4-1)14-10-16-18-9-7-15(20(16)19-14)13-6-3-8-17-11-13/h10,12-13,15,17-18H,1-9,11H2. The zero-order valence-electron chi connectivity index (χ0n) is 12.3. The SMILES string of the molecule is c1c(C2CCCC2)nn2c1NCCC2C1CCCNC1. The molecule has 3 aliphatic rings. The lowest BCUT2D eigenvalue weighted by Gasteiger charge is -2.34. The van der Waals surface area contributed by atoms with Gasteiger partial charge >= 0.3 is 0 Å². The quantitative estimate of drug-likeness (QED) is 0.871. The van der Waals surface area contributed by atoms with E-state index < -0.39 is 0 Å². The molecule has 2 N–H and O–H groups in total. The number of hydrogen-bond donors (Lipinski definition) is 2. The first-order chi connectivity index (χ1) is 9.92. The van der Waals surface area contributed by atoms with E-state index in [2.05, 4.69) is 21.4 Å². The summed E-state index contributed by atoms with van der Waals surface area (Å²) in [4.78, 5) is 0. The van der Waals surface area contributed by atoms with E-state index in [1.54, 1.807) is 0 Å². The van der Waals surface area contributed by atoms with Gasteiger partial charge in [0, 0.05) is 18.5 Å². The van der Waals surface area contributed by atoms with E-state index >= 15 is 0 Å². The molecule has 1 saturated heterocycles. The molecule has 0 amide bonds. The summed E-state index contributed by atoms with van der Waals surface area (Å²) < 4.78 is 2.33. The molecule has 20 heavy (non-hydrogen) atoms. The minimum Gasteiger partial charge on any atom is -0.370 e. The van der Waals surface area contributed by atoms with Crippen LogP contribution >= 0.6 is 0 Å². The van der Waals surface area contributed by atoms with Crippen molar-refractivity contribution in [3.8, 4) is 0 Å². The Kier molecular flexibility index (Phi) is 3.42. The Hall–Kier alpha value is -1.03. The van der Waals surface area contributed by atoms with Crippen molar-refractivity contribution in [1.82, 2.24) is 15.1 Å². The molecule has 4 nitrogen and oxygen atoms in total. The first kappa shape index (κ1) is 12.7. The number of anilines is 1. The number of fused-ring (bicyclic) bond motifs is 1. The molecule has 2 fully saturated rings. The summed E-state index contributed by atoms with van der Waals surface area (Å²) in [6.07, 6.45) is 9.35. The second-order valence-corrected chi connectivity index (χ2v) is 6.77. The highest BCUT2D eigenvalue weighted by atomic mass is 15.4. The Labute approximate surface area is 121 Å². The molecule has 3 heterocycles. The van der Waals surface area contributed by atoms with Crippen LogP contribution in [0.25, 0.3) is 0 Å². The molecule has 1 aliphatic carbocycles. The van der Waals surface area contributed by atoms with Crippen molar-refractivity contribution in [2.24, 2.45) is 5.92 Å². The molecule has 0 bridgehead atoms. The highest BCUT2D eigenvalue weighted by molar-refractivity contribution is 5.40. The molecule has 2 aliphatic heterocycles. The van der Waals surface area contributed by atoms with Crippen LogP contribution in [0.4, 0.5) is 5.82 Å². The maximum Gasteiger partial charge on any atom is 0.124 e. The van der Waals surface area contributed by atoms with Crippen molar-refractivity contribution >= 4 is 5.82 Å². The summed E-state index contributed by atoms with van der Waals surface area (Å²) in [7, 11) is 0. The Balaban J connectivity index is 1.59. The van der Waals surface area contributed by atoms with Crippen molar-refractivity contribution in [2.75, 3.05) is 25.0 Å². The van der Waals surface area contributed by atoms with Crippen molar-refractivity contribution in [3.05, 3.63) is 11.8 Å². The molecule has 2 atom stereocenters. The first-order valence-corrected chi connectivity index (χ1v) is 8.46. The van der Waals surface area contributed by atoms with Gasteiger partial charge in [0.2, 0.25) is 0 Å². The van der Waals surface area contributed by atoms with E-state index in [-0.39, 0.29) is 0 Å². The predicted octanol–water partition coefficient (Wildman–Crippen LogP) is 2.90. The summed E-state index contributed by atoms with van der Waals surface area (Å²) >= 11 is 0. The highest BCUT2D eigenvalue weighted by Gasteiger charge is 2.31.